The van der Waals surface area contributed by atoms with Gasteiger partial charge in [0.1, 0.15) is 17.6 Å². The highest BCUT2D eigenvalue weighted by atomic mass is 19.1. The monoisotopic (exact) mass is 354 g/mol. The standard InChI is InChI=1S/C18H19FN6O/c1-12-15(10-23(2)21-12)16-11-25(22-20-16)17-7-4-8-24(18(17)26)14-6-3-5-13(19)9-14/h3,5-6,9-11,17H,4,7-8H2,1-2H3. The van der Waals surface area contributed by atoms with Gasteiger partial charge in [0.05, 0.1) is 11.9 Å². The van der Waals surface area contributed by atoms with Crippen molar-refractivity contribution in [2.75, 3.05) is 11.4 Å². The van der Waals surface area contributed by atoms with Crippen molar-refractivity contribution in [3.05, 3.63) is 48.2 Å². The second kappa shape index (κ2) is 6.36. The summed E-state index contributed by atoms with van der Waals surface area (Å²) in [6, 6.07) is 5.67. The van der Waals surface area contributed by atoms with Crippen LogP contribution in [0.5, 0.6) is 0 Å². The Kier molecular flexibility index (Phi) is 4.02. The predicted molar refractivity (Wildman–Crippen MR) is 94.0 cm³/mol. The molecule has 3 aromatic rings. The van der Waals surface area contributed by atoms with Gasteiger partial charge in [-0.25, -0.2) is 9.07 Å². The van der Waals surface area contributed by atoms with E-state index in [4.69, 9.17) is 0 Å². The Balaban J connectivity index is 1.62. The van der Waals surface area contributed by atoms with Crippen LogP contribution in [0.2, 0.25) is 0 Å². The average Bonchev–Trinajstić information content (AvgIpc) is 3.21. The second-order valence-electron chi connectivity index (χ2n) is 6.51. The summed E-state index contributed by atoms with van der Waals surface area (Å²) in [6.07, 6.45) is 5.15. The summed E-state index contributed by atoms with van der Waals surface area (Å²) in [5.74, 6) is -0.450. The van der Waals surface area contributed by atoms with Crippen LogP contribution in [0.4, 0.5) is 10.1 Å². The third-order valence-electron chi connectivity index (χ3n) is 4.65. The Bertz CT molecular complexity index is 962. The van der Waals surface area contributed by atoms with Crippen LogP contribution in [0.25, 0.3) is 11.3 Å². The fraction of sp³-hybridized carbons (Fsp3) is 0.333. The number of carbonyl (C=O) groups excluding carboxylic acids is 1. The zero-order chi connectivity index (χ0) is 18.3. The first-order valence-corrected chi connectivity index (χ1v) is 8.52. The number of aryl methyl sites for hydroxylation is 2. The molecule has 1 atom stereocenters. The van der Waals surface area contributed by atoms with E-state index in [2.05, 4.69) is 15.4 Å². The van der Waals surface area contributed by atoms with Crippen LogP contribution in [0.15, 0.2) is 36.7 Å². The molecule has 1 saturated heterocycles. The van der Waals surface area contributed by atoms with Gasteiger partial charge in [0, 0.05) is 31.0 Å². The molecule has 4 rings (SSSR count). The highest BCUT2D eigenvalue weighted by Gasteiger charge is 2.32. The minimum Gasteiger partial charge on any atom is -0.310 e. The van der Waals surface area contributed by atoms with Crippen LogP contribution in [-0.4, -0.2) is 37.2 Å². The number of benzene rings is 1. The number of nitrogens with zero attached hydrogens (tertiary/aromatic N) is 6. The largest absolute Gasteiger partial charge is 0.310 e. The molecule has 0 N–H and O–H groups in total. The molecule has 2 aromatic heterocycles. The molecular weight excluding hydrogens is 335 g/mol. The molecule has 1 fully saturated rings. The van der Waals surface area contributed by atoms with Crippen molar-refractivity contribution in [3.8, 4) is 11.3 Å². The quantitative estimate of drug-likeness (QED) is 0.725. The van der Waals surface area contributed by atoms with Crippen molar-refractivity contribution in [1.29, 1.82) is 0 Å². The Morgan fingerprint density at radius 1 is 1.27 bits per heavy atom. The third-order valence-corrected chi connectivity index (χ3v) is 4.65. The molecule has 134 valence electrons. The molecule has 7 nitrogen and oxygen atoms in total. The van der Waals surface area contributed by atoms with Gasteiger partial charge in [0.25, 0.3) is 5.91 Å². The summed E-state index contributed by atoms with van der Waals surface area (Å²) in [6.45, 7) is 2.48. The van der Waals surface area contributed by atoms with Crippen molar-refractivity contribution >= 4 is 11.6 Å². The SMILES string of the molecule is Cc1nn(C)cc1-c1cn(C2CCCN(c3cccc(F)c3)C2=O)nn1. The van der Waals surface area contributed by atoms with E-state index in [0.717, 1.165) is 17.7 Å². The first-order valence-electron chi connectivity index (χ1n) is 8.52. The molecule has 26 heavy (non-hydrogen) atoms. The van der Waals surface area contributed by atoms with Gasteiger partial charge in [-0.1, -0.05) is 11.3 Å². The first kappa shape index (κ1) is 16.4. The Hall–Kier alpha value is -3.03. The maximum Gasteiger partial charge on any atom is 0.251 e. The average molecular weight is 354 g/mol. The predicted octanol–water partition coefficient (Wildman–Crippen LogP) is 2.49. The van der Waals surface area contributed by atoms with E-state index in [1.54, 1.807) is 32.6 Å². The van der Waals surface area contributed by atoms with Crippen LogP contribution >= 0.6 is 0 Å². The topological polar surface area (TPSA) is 68.8 Å². The van der Waals surface area contributed by atoms with E-state index in [-0.39, 0.29) is 11.7 Å². The molecule has 3 heterocycles. The van der Waals surface area contributed by atoms with Crippen molar-refractivity contribution < 1.29 is 9.18 Å². The highest BCUT2D eigenvalue weighted by molar-refractivity contribution is 5.96. The number of hydrogen-bond acceptors (Lipinski definition) is 4. The van der Waals surface area contributed by atoms with Crippen molar-refractivity contribution in [2.45, 2.75) is 25.8 Å². The number of aromatic nitrogens is 5. The van der Waals surface area contributed by atoms with Gasteiger partial charge in [-0.05, 0) is 38.0 Å². The smallest absolute Gasteiger partial charge is 0.251 e. The molecule has 0 bridgehead atoms. The second-order valence-corrected chi connectivity index (χ2v) is 6.51. The summed E-state index contributed by atoms with van der Waals surface area (Å²) in [5.41, 5.74) is 3.01. The van der Waals surface area contributed by atoms with Gasteiger partial charge in [0.2, 0.25) is 0 Å². The lowest BCUT2D eigenvalue weighted by atomic mass is 10.0. The van der Waals surface area contributed by atoms with E-state index in [1.807, 2.05) is 20.2 Å². The first-order chi connectivity index (χ1) is 12.5. The molecule has 1 aromatic carbocycles. The molecule has 0 spiro atoms. The zero-order valence-electron chi connectivity index (χ0n) is 14.6. The molecule has 1 aliphatic heterocycles. The van der Waals surface area contributed by atoms with Crippen molar-refractivity contribution in [1.82, 2.24) is 24.8 Å². The molecule has 1 amide bonds. The Morgan fingerprint density at radius 3 is 2.85 bits per heavy atom. The summed E-state index contributed by atoms with van der Waals surface area (Å²) in [5, 5.41) is 12.7. The Morgan fingerprint density at radius 2 is 2.12 bits per heavy atom. The minimum atomic E-state index is -0.440. The lowest BCUT2D eigenvalue weighted by Gasteiger charge is -2.32. The van der Waals surface area contributed by atoms with Crippen LogP contribution < -0.4 is 4.90 Å². The lowest BCUT2D eigenvalue weighted by Crippen LogP contribution is -2.42. The molecule has 0 radical (unpaired) electrons. The number of rotatable bonds is 3. The number of amides is 1. The van der Waals surface area contributed by atoms with E-state index in [9.17, 15) is 9.18 Å². The zero-order valence-corrected chi connectivity index (χ0v) is 14.6. The van der Waals surface area contributed by atoms with Gasteiger partial charge < -0.3 is 4.90 Å². The number of piperidine rings is 1. The van der Waals surface area contributed by atoms with Crippen LogP contribution in [-0.2, 0) is 11.8 Å². The van der Waals surface area contributed by atoms with Gasteiger partial charge in [-0.15, -0.1) is 5.10 Å². The molecule has 0 saturated carbocycles. The van der Waals surface area contributed by atoms with Gasteiger partial charge in [-0.3, -0.25) is 9.48 Å². The number of carbonyl (C=O) groups is 1. The fourth-order valence-electron chi connectivity index (χ4n) is 3.41. The molecule has 1 unspecified atom stereocenters. The maximum absolute atomic E-state index is 13.5. The van der Waals surface area contributed by atoms with Crippen LogP contribution in [0, 0.1) is 12.7 Å². The number of halogens is 1. The van der Waals surface area contributed by atoms with Gasteiger partial charge in [0.15, 0.2) is 0 Å². The summed E-state index contributed by atoms with van der Waals surface area (Å²) in [7, 11) is 1.85. The maximum atomic E-state index is 13.5. The molecule has 8 heteroatoms. The third kappa shape index (κ3) is 2.87. The Labute approximate surface area is 150 Å². The van der Waals surface area contributed by atoms with Crippen molar-refractivity contribution in [3.63, 3.8) is 0 Å². The van der Waals surface area contributed by atoms with Crippen LogP contribution in [0.3, 0.4) is 0 Å². The van der Waals surface area contributed by atoms with Gasteiger partial charge in [-0.2, -0.15) is 5.10 Å². The van der Waals surface area contributed by atoms with Gasteiger partial charge >= 0.3 is 0 Å². The lowest BCUT2D eigenvalue weighted by molar-refractivity contribution is -0.123. The molecular formula is C18H19FN6O. The summed E-state index contributed by atoms with van der Waals surface area (Å²) < 4.78 is 16.9. The van der Waals surface area contributed by atoms with Crippen LogP contribution in [0.1, 0.15) is 24.6 Å². The molecule has 0 aliphatic carbocycles. The minimum absolute atomic E-state index is 0.0961. The summed E-state index contributed by atoms with van der Waals surface area (Å²) in [4.78, 5) is 14.6. The van der Waals surface area contributed by atoms with E-state index < -0.39 is 6.04 Å². The fourth-order valence-corrected chi connectivity index (χ4v) is 3.41. The number of hydrogen-bond donors (Lipinski definition) is 0. The highest BCUT2D eigenvalue weighted by Crippen LogP contribution is 2.29. The number of anilines is 1. The summed E-state index contributed by atoms with van der Waals surface area (Å²) >= 11 is 0. The molecule has 1 aliphatic rings. The van der Waals surface area contributed by atoms with E-state index in [0.29, 0.717) is 24.3 Å². The normalized spacial score (nSPS) is 17.7. The van der Waals surface area contributed by atoms with E-state index in [1.165, 1.54) is 12.1 Å². The van der Waals surface area contributed by atoms with E-state index >= 15 is 0 Å². The van der Waals surface area contributed by atoms with Crippen molar-refractivity contribution in [2.24, 2.45) is 7.05 Å².